The monoisotopic (exact) mass is 225 g/mol. The number of oxime groups is 1. The van der Waals surface area contributed by atoms with E-state index in [1.165, 1.54) is 6.20 Å². The summed E-state index contributed by atoms with van der Waals surface area (Å²) in [6.45, 7) is 3.56. The number of pyridine rings is 1. The van der Waals surface area contributed by atoms with Crippen molar-refractivity contribution in [2.24, 2.45) is 10.9 Å². The molecule has 0 saturated heterocycles. The zero-order valence-corrected chi connectivity index (χ0v) is 9.09. The van der Waals surface area contributed by atoms with E-state index in [0.29, 0.717) is 31.3 Å². The van der Waals surface area contributed by atoms with Crippen molar-refractivity contribution in [1.82, 2.24) is 4.98 Å². The van der Waals surface area contributed by atoms with Gasteiger partial charge < -0.3 is 20.4 Å². The largest absolute Gasteiger partial charge is 0.491 e. The molecule has 16 heavy (non-hydrogen) atoms. The number of rotatable bonds is 6. The lowest BCUT2D eigenvalue weighted by Crippen LogP contribution is -2.15. The minimum absolute atomic E-state index is 0.0461. The lowest BCUT2D eigenvalue weighted by Gasteiger charge is -2.06. The van der Waals surface area contributed by atoms with Gasteiger partial charge in [-0.05, 0) is 13.0 Å². The maximum Gasteiger partial charge on any atom is 0.188 e. The van der Waals surface area contributed by atoms with Crippen molar-refractivity contribution in [2.45, 2.75) is 6.92 Å². The van der Waals surface area contributed by atoms with Gasteiger partial charge in [-0.15, -0.1) is 0 Å². The van der Waals surface area contributed by atoms with Crippen LogP contribution in [0.2, 0.25) is 0 Å². The fourth-order valence-corrected chi connectivity index (χ4v) is 1.06. The molecule has 0 fully saturated rings. The summed E-state index contributed by atoms with van der Waals surface area (Å²) in [5, 5.41) is 11.3. The lowest BCUT2D eigenvalue weighted by molar-refractivity contribution is 0.110. The van der Waals surface area contributed by atoms with Gasteiger partial charge in [-0.3, -0.25) is 4.98 Å². The van der Waals surface area contributed by atoms with Gasteiger partial charge in [0, 0.05) is 18.9 Å². The van der Waals surface area contributed by atoms with Gasteiger partial charge in [0.25, 0.3) is 0 Å². The van der Waals surface area contributed by atoms with Crippen LogP contribution in [-0.4, -0.2) is 35.8 Å². The second-order valence-corrected chi connectivity index (χ2v) is 2.91. The second-order valence-electron chi connectivity index (χ2n) is 2.91. The van der Waals surface area contributed by atoms with Crippen molar-refractivity contribution < 1.29 is 14.7 Å². The molecule has 1 aromatic rings. The third-order valence-electron chi connectivity index (χ3n) is 1.80. The third kappa shape index (κ3) is 3.74. The Morgan fingerprint density at radius 1 is 1.56 bits per heavy atom. The highest BCUT2D eigenvalue weighted by atomic mass is 16.5. The van der Waals surface area contributed by atoms with E-state index in [0.717, 1.165) is 0 Å². The first kappa shape index (κ1) is 12.3. The van der Waals surface area contributed by atoms with Crippen molar-refractivity contribution >= 4 is 5.84 Å². The topological polar surface area (TPSA) is 90.0 Å². The molecule has 0 unspecified atom stereocenters. The van der Waals surface area contributed by atoms with Gasteiger partial charge in [0.2, 0.25) is 0 Å². The first-order valence-electron chi connectivity index (χ1n) is 4.92. The minimum atomic E-state index is -0.0461. The van der Waals surface area contributed by atoms with E-state index in [-0.39, 0.29) is 5.84 Å². The molecule has 0 bridgehead atoms. The Morgan fingerprint density at radius 2 is 2.38 bits per heavy atom. The van der Waals surface area contributed by atoms with Crippen LogP contribution in [0.25, 0.3) is 0 Å². The summed E-state index contributed by atoms with van der Waals surface area (Å²) in [4.78, 5) is 3.93. The van der Waals surface area contributed by atoms with Crippen LogP contribution in [0.4, 0.5) is 0 Å². The van der Waals surface area contributed by atoms with Crippen LogP contribution < -0.4 is 10.5 Å². The molecule has 0 aromatic carbocycles. The van der Waals surface area contributed by atoms with Crippen LogP contribution in [0.1, 0.15) is 12.6 Å². The summed E-state index contributed by atoms with van der Waals surface area (Å²) < 4.78 is 10.5. The molecule has 0 aliphatic rings. The van der Waals surface area contributed by atoms with Gasteiger partial charge >= 0.3 is 0 Å². The van der Waals surface area contributed by atoms with E-state index in [1.807, 2.05) is 6.92 Å². The Hall–Kier alpha value is -1.82. The van der Waals surface area contributed by atoms with Crippen LogP contribution in [-0.2, 0) is 4.74 Å². The average molecular weight is 225 g/mol. The zero-order chi connectivity index (χ0) is 11.8. The molecule has 1 heterocycles. The summed E-state index contributed by atoms with van der Waals surface area (Å²) >= 11 is 0. The first-order valence-corrected chi connectivity index (χ1v) is 4.92. The normalized spacial score (nSPS) is 11.4. The molecule has 1 rings (SSSR count). The summed E-state index contributed by atoms with van der Waals surface area (Å²) in [6, 6.07) is 3.29. The predicted molar refractivity (Wildman–Crippen MR) is 58.7 cm³/mol. The highest BCUT2D eigenvalue weighted by molar-refractivity contribution is 5.95. The Bertz CT molecular complexity index is 355. The summed E-state index contributed by atoms with van der Waals surface area (Å²) in [6.07, 6.45) is 1.53. The van der Waals surface area contributed by atoms with Crippen LogP contribution in [0.5, 0.6) is 5.75 Å². The average Bonchev–Trinajstić information content (AvgIpc) is 2.34. The molecule has 1 aromatic heterocycles. The predicted octanol–water partition coefficient (Wildman–Crippen LogP) is 0.591. The fraction of sp³-hybridized carbons (Fsp3) is 0.400. The van der Waals surface area contributed by atoms with Gasteiger partial charge in [-0.1, -0.05) is 5.16 Å². The summed E-state index contributed by atoms with van der Waals surface area (Å²) in [5.41, 5.74) is 5.77. The van der Waals surface area contributed by atoms with E-state index in [9.17, 15) is 0 Å². The maximum absolute atomic E-state index is 8.49. The summed E-state index contributed by atoms with van der Waals surface area (Å²) in [5.74, 6) is 0.562. The van der Waals surface area contributed by atoms with Gasteiger partial charge in [0.1, 0.15) is 18.1 Å². The standard InChI is InChI=1S/C10H15N3O3/c1-2-15-5-6-16-8-3-4-12-9(7-8)10(11)13-14/h3-4,7,14H,2,5-6H2,1H3,(H2,11,13). The molecule has 6 heteroatoms. The van der Waals surface area contributed by atoms with E-state index < -0.39 is 0 Å². The molecule has 0 atom stereocenters. The smallest absolute Gasteiger partial charge is 0.188 e. The quantitative estimate of drug-likeness (QED) is 0.243. The van der Waals surface area contributed by atoms with E-state index in [4.69, 9.17) is 20.4 Å². The fourth-order valence-electron chi connectivity index (χ4n) is 1.06. The molecule has 0 aliphatic carbocycles. The number of hydrogen-bond donors (Lipinski definition) is 2. The molecule has 88 valence electrons. The molecule has 6 nitrogen and oxygen atoms in total. The Morgan fingerprint density at radius 3 is 3.06 bits per heavy atom. The van der Waals surface area contributed by atoms with Gasteiger partial charge in [-0.2, -0.15) is 0 Å². The Labute approximate surface area is 93.7 Å². The highest BCUT2D eigenvalue weighted by Gasteiger charge is 2.02. The number of amidine groups is 1. The van der Waals surface area contributed by atoms with Crippen LogP contribution in [0.3, 0.4) is 0 Å². The Balaban J connectivity index is 2.54. The van der Waals surface area contributed by atoms with Crippen LogP contribution >= 0.6 is 0 Å². The number of nitrogens with zero attached hydrogens (tertiary/aromatic N) is 2. The molecule has 0 saturated carbocycles. The molecule has 3 N–H and O–H groups in total. The molecule has 0 amide bonds. The first-order chi connectivity index (χ1) is 7.77. The zero-order valence-electron chi connectivity index (χ0n) is 9.09. The number of aromatic nitrogens is 1. The number of hydrogen-bond acceptors (Lipinski definition) is 5. The van der Waals surface area contributed by atoms with Crippen molar-refractivity contribution in [3.63, 3.8) is 0 Å². The van der Waals surface area contributed by atoms with Gasteiger partial charge in [0.05, 0.1) is 6.61 Å². The number of ether oxygens (including phenoxy) is 2. The third-order valence-corrected chi connectivity index (χ3v) is 1.80. The van der Waals surface area contributed by atoms with Crippen molar-refractivity contribution in [3.8, 4) is 5.75 Å². The highest BCUT2D eigenvalue weighted by Crippen LogP contribution is 2.10. The summed E-state index contributed by atoms with van der Waals surface area (Å²) in [7, 11) is 0. The van der Waals surface area contributed by atoms with Crippen molar-refractivity contribution in [2.75, 3.05) is 19.8 Å². The molecule has 0 radical (unpaired) electrons. The van der Waals surface area contributed by atoms with Crippen molar-refractivity contribution in [1.29, 1.82) is 0 Å². The molecular weight excluding hydrogens is 210 g/mol. The minimum Gasteiger partial charge on any atom is -0.491 e. The molecule has 0 spiro atoms. The van der Waals surface area contributed by atoms with Crippen molar-refractivity contribution in [3.05, 3.63) is 24.0 Å². The van der Waals surface area contributed by atoms with Crippen LogP contribution in [0, 0.1) is 0 Å². The van der Waals surface area contributed by atoms with E-state index >= 15 is 0 Å². The molecular formula is C10H15N3O3. The van der Waals surface area contributed by atoms with E-state index in [1.54, 1.807) is 12.1 Å². The Kier molecular flexibility index (Phi) is 5.07. The lowest BCUT2D eigenvalue weighted by atomic mass is 10.3. The SMILES string of the molecule is CCOCCOc1ccnc(C(N)=NO)c1. The van der Waals surface area contributed by atoms with Crippen LogP contribution in [0.15, 0.2) is 23.5 Å². The van der Waals surface area contributed by atoms with Gasteiger partial charge in [-0.25, -0.2) is 0 Å². The molecule has 0 aliphatic heterocycles. The second kappa shape index (κ2) is 6.62. The number of nitrogens with two attached hydrogens (primary N) is 1. The van der Waals surface area contributed by atoms with E-state index in [2.05, 4.69) is 10.1 Å². The maximum atomic E-state index is 8.49. The van der Waals surface area contributed by atoms with Gasteiger partial charge in [0.15, 0.2) is 5.84 Å².